The van der Waals surface area contributed by atoms with E-state index in [2.05, 4.69) is 29.5 Å². The molecule has 0 radical (unpaired) electrons. The highest BCUT2D eigenvalue weighted by Crippen LogP contribution is 2.50. The van der Waals surface area contributed by atoms with E-state index < -0.39 is 5.41 Å². The van der Waals surface area contributed by atoms with Crippen molar-refractivity contribution in [3.8, 4) is 0 Å². The predicted molar refractivity (Wildman–Crippen MR) is 119 cm³/mol. The molecule has 164 valence electrons. The first-order chi connectivity index (χ1) is 14.9. The van der Waals surface area contributed by atoms with Crippen LogP contribution in [0.1, 0.15) is 66.7 Å². The Bertz CT molecular complexity index is 1010. The minimum absolute atomic E-state index is 0.0160. The number of aryl methyl sites for hydroxylation is 1. The molecule has 6 nitrogen and oxygen atoms in total. The van der Waals surface area contributed by atoms with Crippen LogP contribution in [-0.2, 0) is 4.79 Å². The lowest BCUT2D eigenvalue weighted by atomic mass is 9.75. The molecule has 3 heterocycles. The Labute approximate surface area is 184 Å². The van der Waals surface area contributed by atoms with Gasteiger partial charge in [-0.15, -0.1) is 0 Å². The van der Waals surface area contributed by atoms with E-state index in [9.17, 15) is 9.59 Å². The number of carbonyl (C=O) groups is 2. The van der Waals surface area contributed by atoms with Crippen LogP contribution in [0.2, 0.25) is 0 Å². The molecule has 1 saturated carbocycles. The molecular formula is C25H32N4O2. The summed E-state index contributed by atoms with van der Waals surface area (Å²) in [5, 5.41) is 0. The molecule has 3 aliphatic rings. The van der Waals surface area contributed by atoms with Crippen molar-refractivity contribution in [2.45, 2.75) is 52.0 Å². The molecule has 1 aromatic heterocycles. The third-order valence-electron chi connectivity index (χ3n) is 7.39. The second-order valence-corrected chi connectivity index (χ2v) is 10.0. The first-order valence-corrected chi connectivity index (χ1v) is 11.6. The van der Waals surface area contributed by atoms with Crippen LogP contribution >= 0.6 is 0 Å². The van der Waals surface area contributed by atoms with E-state index in [4.69, 9.17) is 4.98 Å². The SMILES string of the molecule is Cc1cccc(C(=O)N2C[C@H](c3cn(C(C)C)cn3)[C@@]3(CCN(CC4CC4)C3=O)C2)c1. The maximum absolute atomic E-state index is 13.7. The second-order valence-electron chi connectivity index (χ2n) is 10.0. The summed E-state index contributed by atoms with van der Waals surface area (Å²) in [6.07, 6.45) is 7.21. The lowest BCUT2D eigenvalue weighted by Gasteiger charge is -2.28. The molecule has 2 aromatic rings. The van der Waals surface area contributed by atoms with Gasteiger partial charge in [0.1, 0.15) is 0 Å². The van der Waals surface area contributed by atoms with Gasteiger partial charge in [-0.05, 0) is 58.1 Å². The van der Waals surface area contributed by atoms with Crippen LogP contribution in [0.15, 0.2) is 36.8 Å². The molecule has 3 fully saturated rings. The lowest BCUT2D eigenvalue weighted by molar-refractivity contribution is -0.136. The molecule has 2 saturated heterocycles. The number of carbonyl (C=O) groups excluding carboxylic acids is 2. The van der Waals surface area contributed by atoms with Crippen LogP contribution < -0.4 is 0 Å². The summed E-state index contributed by atoms with van der Waals surface area (Å²) in [6, 6.07) is 8.05. The maximum atomic E-state index is 13.7. The Morgan fingerprint density at radius 1 is 1.29 bits per heavy atom. The molecule has 1 aromatic carbocycles. The van der Waals surface area contributed by atoms with E-state index in [1.54, 1.807) is 0 Å². The number of amides is 2. The van der Waals surface area contributed by atoms with Gasteiger partial charge in [-0.25, -0.2) is 4.98 Å². The Hall–Kier alpha value is -2.63. The third kappa shape index (κ3) is 3.56. The van der Waals surface area contributed by atoms with Gasteiger partial charge in [0.05, 0.1) is 17.4 Å². The number of hydrogen-bond acceptors (Lipinski definition) is 3. The number of hydrogen-bond donors (Lipinski definition) is 0. The monoisotopic (exact) mass is 420 g/mol. The fourth-order valence-corrected chi connectivity index (χ4v) is 5.33. The van der Waals surface area contributed by atoms with Gasteiger partial charge in [-0.3, -0.25) is 9.59 Å². The summed E-state index contributed by atoms with van der Waals surface area (Å²) in [5.41, 5.74) is 2.16. The number of aromatic nitrogens is 2. The predicted octanol–water partition coefficient (Wildman–Crippen LogP) is 3.64. The smallest absolute Gasteiger partial charge is 0.253 e. The quantitative estimate of drug-likeness (QED) is 0.742. The topological polar surface area (TPSA) is 58.4 Å². The number of imidazole rings is 1. The molecule has 2 amide bonds. The Morgan fingerprint density at radius 3 is 2.77 bits per heavy atom. The van der Waals surface area contributed by atoms with Crippen molar-refractivity contribution in [3.63, 3.8) is 0 Å². The van der Waals surface area contributed by atoms with Gasteiger partial charge >= 0.3 is 0 Å². The van der Waals surface area contributed by atoms with Gasteiger partial charge in [0.25, 0.3) is 5.91 Å². The highest BCUT2D eigenvalue weighted by molar-refractivity contribution is 5.96. The van der Waals surface area contributed by atoms with E-state index in [0.717, 1.165) is 30.8 Å². The van der Waals surface area contributed by atoms with Gasteiger partial charge in [-0.2, -0.15) is 0 Å². The first kappa shape index (κ1) is 20.3. The summed E-state index contributed by atoms with van der Waals surface area (Å²) in [6.45, 7) is 8.95. The van der Waals surface area contributed by atoms with E-state index in [1.807, 2.05) is 42.4 Å². The molecular weight excluding hydrogens is 388 g/mol. The zero-order valence-electron chi connectivity index (χ0n) is 18.8. The maximum Gasteiger partial charge on any atom is 0.253 e. The molecule has 6 heteroatoms. The van der Waals surface area contributed by atoms with Crippen LogP contribution in [0.3, 0.4) is 0 Å². The van der Waals surface area contributed by atoms with Gasteiger partial charge in [0.15, 0.2) is 0 Å². The molecule has 0 bridgehead atoms. The molecule has 0 N–H and O–H groups in total. The van der Waals surface area contributed by atoms with Crippen LogP contribution in [0, 0.1) is 18.3 Å². The summed E-state index contributed by atoms with van der Waals surface area (Å²) < 4.78 is 2.09. The van der Waals surface area contributed by atoms with Gasteiger partial charge in [-0.1, -0.05) is 17.7 Å². The Morgan fingerprint density at radius 2 is 2.10 bits per heavy atom. The third-order valence-corrected chi connectivity index (χ3v) is 7.39. The lowest BCUT2D eigenvalue weighted by Crippen LogP contribution is -2.41. The highest BCUT2D eigenvalue weighted by Gasteiger charge is 2.59. The number of likely N-dealkylation sites (tertiary alicyclic amines) is 2. The average Bonchev–Trinajstić information content (AvgIpc) is 3.17. The highest BCUT2D eigenvalue weighted by atomic mass is 16.2. The zero-order chi connectivity index (χ0) is 21.8. The van der Waals surface area contributed by atoms with Crippen molar-refractivity contribution in [1.82, 2.24) is 19.4 Å². The Kier molecular flexibility index (Phi) is 4.91. The number of rotatable bonds is 5. The van der Waals surface area contributed by atoms with E-state index in [-0.39, 0.29) is 17.7 Å². The number of nitrogens with zero attached hydrogens (tertiary/aromatic N) is 4. The van der Waals surface area contributed by atoms with E-state index >= 15 is 0 Å². The van der Waals surface area contributed by atoms with Crippen LogP contribution in [0.4, 0.5) is 0 Å². The van der Waals surface area contributed by atoms with Crippen molar-refractivity contribution in [2.24, 2.45) is 11.3 Å². The summed E-state index contributed by atoms with van der Waals surface area (Å²) >= 11 is 0. The van der Waals surface area contributed by atoms with Crippen molar-refractivity contribution < 1.29 is 9.59 Å². The first-order valence-electron chi connectivity index (χ1n) is 11.6. The fourth-order valence-electron chi connectivity index (χ4n) is 5.33. The normalized spacial score (nSPS) is 25.9. The summed E-state index contributed by atoms with van der Waals surface area (Å²) in [5.74, 6) is 0.854. The van der Waals surface area contributed by atoms with Crippen molar-refractivity contribution in [3.05, 3.63) is 53.6 Å². The molecule has 1 aliphatic carbocycles. The molecule has 5 rings (SSSR count). The van der Waals surface area contributed by atoms with Crippen LogP contribution in [-0.4, -0.2) is 57.3 Å². The molecule has 2 atom stereocenters. The van der Waals surface area contributed by atoms with Crippen molar-refractivity contribution in [1.29, 1.82) is 0 Å². The molecule has 1 spiro atoms. The van der Waals surface area contributed by atoms with Crippen LogP contribution in [0.25, 0.3) is 0 Å². The van der Waals surface area contributed by atoms with Gasteiger partial charge < -0.3 is 14.4 Å². The largest absolute Gasteiger partial charge is 0.342 e. The number of benzene rings is 1. The summed E-state index contributed by atoms with van der Waals surface area (Å²) in [4.78, 5) is 35.8. The molecule has 31 heavy (non-hydrogen) atoms. The zero-order valence-corrected chi connectivity index (χ0v) is 18.8. The average molecular weight is 421 g/mol. The van der Waals surface area contributed by atoms with Gasteiger partial charge in [0, 0.05) is 49.9 Å². The minimum Gasteiger partial charge on any atom is -0.342 e. The van der Waals surface area contributed by atoms with E-state index in [1.165, 1.54) is 12.8 Å². The second kappa shape index (κ2) is 7.50. The Balaban J connectivity index is 1.47. The van der Waals surface area contributed by atoms with Crippen molar-refractivity contribution >= 4 is 11.8 Å². The standard InChI is InChI=1S/C25H32N4O2/c1-17(2)29-14-22(26-16-29)21-13-28(23(30)20-6-4-5-18(3)11-20)15-25(21)9-10-27(24(25)31)12-19-7-8-19/h4-6,11,14,16-17,19,21H,7-10,12-13,15H2,1-3H3/t21-,25-/m1/s1. The molecule has 0 unspecified atom stereocenters. The summed E-state index contributed by atoms with van der Waals surface area (Å²) in [7, 11) is 0. The van der Waals surface area contributed by atoms with E-state index in [0.29, 0.717) is 30.6 Å². The van der Waals surface area contributed by atoms with Crippen molar-refractivity contribution in [2.75, 3.05) is 26.2 Å². The molecule has 2 aliphatic heterocycles. The minimum atomic E-state index is -0.551. The van der Waals surface area contributed by atoms with Crippen LogP contribution in [0.5, 0.6) is 0 Å². The fraction of sp³-hybridized carbons (Fsp3) is 0.560. The van der Waals surface area contributed by atoms with Gasteiger partial charge in [0.2, 0.25) is 5.91 Å².